The van der Waals surface area contributed by atoms with Crippen molar-refractivity contribution in [3.05, 3.63) is 70.3 Å². The highest BCUT2D eigenvalue weighted by Gasteiger charge is 2.25. The molecule has 0 aliphatic heterocycles. The molecule has 0 radical (unpaired) electrons. The SMILES string of the molecule is CCC1CCC(C(C)Cc2cc(F)c(C#Cc3ccc(F)c(F)c3)c(F)c2)CC1. The van der Waals surface area contributed by atoms with Crippen molar-refractivity contribution in [2.45, 2.75) is 52.4 Å². The van der Waals surface area contributed by atoms with Crippen LogP contribution in [0.15, 0.2) is 30.3 Å². The molecule has 0 bridgehead atoms. The first kappa shape index (κ1) is 21.4. The van der Waals surface area contributed by atoms with Gasteiger partial charge in [0.2, 0.25) is 0 Å². The first-order valence-electron chi connectivity index (χ1n) is 10.3. The van der Waals surface area contributed by atoms with E-state index in [9.17, 15) is 17.6 Å². The Morgan fingerprint density at radius 3 is 2.10 bits per heavy atom. The van der Waals surface area contributed by atoms with Gasteiger partial charge in [-0.05, 0) is 72.9 Å². The summed E-state index contributed by atoms with van der Waals surface area (Å²) in [6.07, 6.45) is 6.71. The van der Waals surface area contributed by atoms with Gasteiger partial charge < -0.3 is 0 Å². The van der Waals surface area contributed by atoms with E-state index in [1.165, 1.54) is 50.3 Å². The van der Waals surface area contributed by atoms with Crippen LogP contribution in [0.3, 0.4) is 0 Å². The van der Waals surface area contributed by atoms with Gasteiger partial charge in [0.25, 0.3) is 0 Å². The number of benzene rings is 2. The van der Waals surface area contributed by atoms with Crippen LogP contribution in [-0.4, -0.2) is 0 Å². The summed E-state index contributed by atoms with van der Waals surface area (Å²) in [6.45, 7) is 4.39. The van der Waals surface area contributed by atoms with Gasteiger partial charge in [0, 0.05) is 5.56 Å². The fourth-order valence-electron chi connectivity index (χ4n) is 4.28. The van der Waals surface area contributed by atoms with E-state index in [-0.39, 0.29) is 11.1 Å². The maximum Gasteiger partial charge on any atom is 0.160 e. The van der Waals surface area contributed by atoms with Crippen LogP contribution in [0.4, 0.5) is 17.6 Å². The van der Waals surface area contributed by atoms with Gasteiger partial charge in [-0.3, -0.25) is 0 Å². The Hall–Kier alpha value is -2.28. The van der Waals surface area contributed by atoms with Crippen molar-refractivity contribution < 1.29 is 17.6 Å². The fraction of sp³-hybridized carbons (Fsp3) is 0.440. The van der Waals surface area contributed by atoms with Gasteiger partial charge in [-0.1, -0.05) is 45.0 Å². The Kier molecular flexibility index (Phi) is 7.00. The van der Waals surface area contributed by atoms with Gasteiger partial charge >= 0.3 is 0 Å². The molecule has 0 amide bonds. The maximum atomic E-state index is 14.5. The molecule has 4 heteroatoms. The molecule has 2 aromatic rings. The number of hydrogen-bond acceptors (Lipinski definition) is 0. The molecular formula is C25H26F4. The zero-order valence-corrected chi connectivity index (χ0v) is 16.9. The summed E-state index contributed by atoms with van der Waals surface area (Å²) in [5, 5.41) is 0. The first-order chi connectivity index (χ1) is 13.9. The smallest absolute Gasteiger partial charge is 0.160 e. The molecule has 154 valence electrons. The standard InChI is InChI=1S/C25H26F4/c1-3-17-4-8-20(9-5-17)16(2)12-19-14-23(27)21(24(28)15-19)10-6-18-7-11-22(26)25(29)13-18/h7,11,13-17,20H,3-5,8-9,12H2,1-2H3. The minimum absolute atomic E-state index is 0.156. The van der Waals surface area contributed by atoms with Crippen molar-refractivity contribution in [3.63, 3.8) is 0 Å². The second-order valence-corrected chi connectivity index (χ2v) is 8.18. The first-order valence-corrected chi connectivity index (χ1v) is 10.3. The van der Waals surface area contributed by atoms with Gasteiger partial charge in [-0.2, -0.15) is 0 Å². The zero-order valence-electron chi connectivity index (χ0n) is 16.9. The molecule has 1 atom stereocenters. The summed E-state index contributed by atoms with van der Waals surface area (Å²) in [7, 11) is 0. The number of halogens is 4. The van der Waals surface area contributed by atoms with E-state index in [1.807, 2.05) is 0 Å². The average Bonchev–Trinajstić information content (AvgIpc) is 2.70. The Morgan fingerprint density at radius 1 is 0.862 bits per heavy atom. The molecule has 1 unspecified atom stereocenters. The largest absolute Gasteiger partial charge is 0.206 e. The molecule has 29 heavy (non-hydrogen) atoms. The van der Waals surface area contributed by atoms with Crippen LogP contribution in [-0.2, 0) is 6.42 Å². The lowest BCUT2D eigenvalue weighted by molar-refractivity contribution is 0.210. The van der Waals surface area contributed by atoms with Crippen LogP contribution in [0.2, 0.25) is 0 Å². The average molecular weight is 402 g/mol. The van der Waals surface area contributed by atoms with Gasteiger partial charge in [0.15, 0.2) is 11.6 Å². The second kappa shape index (κ2) is 9.48. The Morgan fingerprint density at radius 2 is 1.52 bits per heavy atom. The van der Waals surface area contributed by atoms with Crippen molar-refractivity contribution in [1.82, 2.24) is 0 Å². The lowest BCUT2D eigenvalue weighted by Gasteiger charge is -2.32. The third-order valence-electron chi connectivity index (χ3n) is 6.18. The van der Waals surface area contributed by atoms with Gasteiger partial charge in [-0.25, -0.2) is 17.6 Å². The Balaban J connectivity index is 1.71. The van der Waals surface area contributed by atoms with Crippen LogP contribution in [0.25, 0.3) is 0 Å². The number of hydrogen-bond donors (Lipinski definition) is 0. The predicted molar refractivity (Wildman–Crippen MR) is 107 cm³/mol. The van der Waals surface area contributed by atoms with E-state index < -0.39 is 23.3 Å². The molecule has 1 aliphatic rings. The molecule has 0 saturated heterocycles. The minimum atomic E-state index is -1.05. The molecular weight excluding hydrogens is 376 g/mol. The number of rotatable bonds is 4. The van der Waals surface area contributed by atoms with Crippen LogP contribution in [0.1, 0.15) is 62.6 Å². The molecule has 0 nitrogen and oxygen atoms in total. The predicted octanol–water partition coefficient (Wildman–Crippen LogP) is 7.04. The van der Waals surface area contributed by atoms with E-state index in [4.69, 9.17) is 0 Å². The summed E-state index contributed by atoms with van der Waals surface area (Å²) >= 11 is 0. The highest BCUT2D eigenvalue weighted by Crippen LogP contribution is 2.36. The molecule has 1 fully saturated rings. The molecule has 0 spiro atoms. The lowest BCUT2D eigenvalue weighted by atomic mass is 9.74. The van der Waals surface area contributed by atoms with Crippen molar-refractivity contribution in [3.8, 4) is 11.8 Å². The third kappa shape index (κ3) is 5.41. The van der Waals surface area contributed by atoms with Gasteiger partial charge in [-0.15, -0.1) is 0 Å². The van der Waals surface area contributed by atoms with E-state index >= 15 is 0 Å². The van der Waals surface area contributed by atoms with Crippen molar-refractivity contribution in [2.75, 3.05) is 0 Å². The fourth-order valence-corrected chi connectivity index (χ4v) is 4.28. The zero-order chi connectivity index (χ0) is 21.0. The normalized spacial score (nSPS) is 20.1. The summed E-state index contributed by atoms with van der Waals surface area (Å²) in [4.78, 5) is 0. The Bertz CT molecular complexity index is 891. The molecule has 1 aliphatic carbocycles. The molecule has 1 saturated carbocycles. The summed E-state index contributed by atoms with van der Waals surface area (Å²) in [6, 6.07) is 5.79. The third-order valence-corrected chi connectivity index (χ3v) is 6.18. The highest BCUT2D eigenvalue weighted by atomic mass is 19.2. The summed E-state index contributed by atoms with van der Waals surface area (Å²) in [5.41, 5.74) is 0.432. The van der Waals surface area contributed by atoms with Crippen molar-refractivity contribution in [2.24, 2.45) is 17.8 Å². The quantitative estimate of drug-likeness (QED) is 0.380. The van der Waals surface area contributed by atoms with Crippen LogP contribution in [0, 0.1) is 52.9 Å². The molecule has 0 N–H and O–H groups in total. The minimum Gasteiger partial charge on any atom is -0.206 e. The highest BCUT2D eigenvalue weighted by molar-refractivity contribution is 5.45. The second-order valence-electron chi connectivity index (χ2n) is 8.18. The topological polar surface area (TPSA) is 0 Å². The summed E-state index contributed by atoms with van der Waals surface area (Å²) < 4.78 is 55.1. The monoisotopic (exact) mass is 402 g/mol. The van der Waals surface area contributed by atoms with Crippen LogP contribution in [0.5, 0.6) is 0 Å². The van der Waals surface area contributed by atoms with Crippen molar-refractivity contribution >= 4 is 0 Å². The molecule has 2 aromatic carbocycles. The van der Waals surface area contributed by atoms with Gasteiger partial charge in [0.05, 0.1) is 5.56 Å². The lowest BCUT2D eigenvalue weighted by Crippen LogP contribution is -2.21. The van der Waals surface area contributed by atoms with Gasteiger partial charge in [0.1, 0.15) is 11.6 Å². The maximum absolute atomic E-state index is 14.5. The summed E-state index contributed by atoms with van der Waals surface area (Å²) in [5.74, 6) is 3.20. The van der Waals surface area contributed by atoms with E-state index in [0.717, 1.165) is 18.1 Å². The van der Waals surface area contributed by atoms with Crippen LogP contribution < -0.4 is 0 Å². The van der Waals surface area contributed by atoms with E-state index in [2.05, 4.69) is 25.7 Å². The molecule has 3 rings (SSSR count). The molecule has 0 heterocycles. The van der Waals surface area contributed by atoms with Crippen LogP contribution >= 0.6 is 0 Å². The molecule has 0 aromatic heterocycles. The Labute approximate surface area is 170 Å². The van der Waals surface area contributed by atoms with E-state index in [1.54, 1.807) is 0 Å². The van der Waals surface area contributed by atoms with E-state index in [0.29, 0.717) is 23.8 Å². The van der Waals surface area contributed by atoms with Crippen molar-refractivity contribution in [1.29, 1.82) is 0 Å².